The molecular formula is C35H37N3O5S. The molecule has 2 heterocycles. The minimum Gasteiger partial charge on any atom is -0.512 e. The van der Waals surface area contributed by atoms with Crippen LogP contribution in [0, 0.1) is 5.41 Å². The first-order valence-electron chi connectivity index (χ1n) is 15.0. The molecule has 8 nitrogen and oxygen atoms in total. The highest BCUT2D eigenvalue weighted by atomic mass is 32.2. The zero-order valence-corrected chi connectivity index (χ0v) is 25.6. The number of aliphatic hydroxyl groups is 1. The van der Waals surface area contributed by atoms with Crippen LogP contribution in [0.4, 0.5) is 5.69 Å². The molecule has 1 saturated carbocycles. The van der Waals surface area contributed by atoms with E-state index in [0.717, 1.165) is 29.5 Å². The van der Waals surface area contributed by atoms with Crippen LogP contribution in [0.2, 0.25) is 0 Å². The summed E-state index contributed by atoms with van der Waals surface area (Å²) in [6.07, 6.45) is 7.55. The highest BCUT2D eigenvalue weighted by Gasteiger charge is 2.55. The summed E-state index contributed by atoms with van der Waals surface area (Å²) < 4.78 is 36.7. The van der Waals surface area contributed by atoms with Crippen LogP contribution >= 0.6 is 0 Å². The number of hydrogen-bond acceptors (Lipinski definition) is 6. The van der Waals surface area contributed by atoms with Crippen LogP contribution in [0.5, 0.6) is 0 Å². The predicted octanol–water partition coefficient (Wildman–Crippen LogP) is 6.31. The Kier molecular flexibility index (Phi) is 8.07. The molecule has 0 atom stereocenters. The number of para-hydroxylation sites is 1. The Morgan fingerprint density at radius 3 is 2.05 bits per heavy atom. The van der Waals surface area contributed by atoms with Crippen molar-refractivity contribution in [2.24, 2.45) is 12.5 Å². The number of aliphatic hydroxyl groups excluding tert-OH is 1. The molecule has 1 fully saturated rings. The molecule has 44 heavy (non-hydrogen) atoms. The number of aromatic nitrogens is 2. The van der Waals surface area contributed by atoms with Gasteiger partial charge in [0.15, 0.2) is 5.03 Å². The first-order valence-corrected chi connectivity index (χ1v) is 16.5. The van der Waals surface area contributed by atoms with Crippen molar-refractivity contribution in [3.8, 4) is 0 Å². The number of imidazole rings is 1. The number of carbonyl (C=O) groups is 1. The molecule has 0 bridgehead atoms. The second kappa shape index (κ2) is 12.0. The Hall–Kier alpha value is -4.37. The Labute approximate surface area is 258 Å². The van der Waals surface area contributed by atoms with E-state index in [1.807, 2.05) is 48.5 Å². The van der Waals surface area contributed by atoms with E-state index in [0.29, 0.717) is 43.4 Å². The first-order chi connectivity index (χ1) is 21.2. The van der Waals surface area contributed by atoms with E-state index >= 15 is 0 Å². The summed E-state index contributed by atoms with van der Waals surface area (Å²) in [5.74, 6) is -0.384. The Morgan fingerprint density at radius 2 is 1.50 bits per heavy atom. The van der Waals surface area contributed by atoms with E-state index in [-0.39, 0.29) is 17.2 Å². The van der Waals surface area contributed by atoms with Gasteiger partial charge in [0.1, 0.15) is 11.4 Å². The van der Waals surface area contributed by atoms with Gasteiger partial charge in [0.25, 0.3) is 10.0 Å². The maximum atomic E-state index is 13.9. The number of nitrogens with one attached hydrogen (secondary N) is 1. The summed E-state index contributed by atoms with van der Waals surface area (Å²) in [6.45, 7) is 0. The number of aryl methyl sites for hydroxylation is 3. The molecule has 0 spiro atoms. The smallest absolute Gasteiger partial charge is 0.338 e. The maximum Gasteiger partial charge on any atom is 0.338 e. The zero-order valence-electron chi connectivity index (χ0n) is 24.8. The third-order valence-electron chi connectivity index (χ3n) is 8.85. The van der Waals surface area contributed by atoms with Crippen LogP contribution < -0.4 is 4.72 Å². The Morgan fingerprint density at radius 1 is 0.909 bits per heavy atom. The van der Waals surface area contributed by atoms with Crippen LogP contribution in [0.1, 0.15) is 48.8 Å². The SMILES string of the molecule is Cn1cnc(S(=O)(=O)Nc2ccccc2CC2(C3=C(O)CC(CCc4ccccc4)(CCc4ccccc4)OC3=O)CC2)c1. The maximum absolute atomic E-state index is 13.9. The molecule has 1 aliphatic carbocycles. The van der Waals surface area contributed by atoms with Crippen LogP contribution in [0.3, 0.4) is 0 Å². The molecule has 3 aromatic carbocycles. The molecule has 228 valence electrons. The summed E-state index contributed by atoms with van der Waals surface area (Å²) in [4.78, 5) is 17.8. The molecule has 4 aromatic rings. The number of benzene rings is 3. The average Bonchev–Trinajstić information content (AvgIpc) is 3.63. The summed E-state index contributed by atoms with van der Waals surface area (Å²) in [5.41, 5.74) is 2.36. The van der Waals surface area contributed by atoms with Crippen LogP contribution in [-0.4, -0.2) is 34.6 Å². The number of carbonyl (C=O) groups excluding carboxylic acids is 1. The molecule has 2 aliphatic rings. The molecule has 0 unspecified atom stereocenters. The van der Waals surface area contributed by atoms with Gasteiger partial charge >= 0.3 is 5.97 Å². The lowest BCUT2D eigenvalue weighted by molar-refractivity contribution is -0.161. The second-order valence-corrected chi connectivity index (χ2v) is 13.8. The minimum absolute atomic E-state index is 0.0745. The molecule has 0 saturated heterocycles. The number of anilines is 1. The molecule has 2 N–H and O–H groups in total. The largest absolute Gasteiger partial charge is 0.512 e. The minimum atomic E-state index is -3.91. The van der Waals surface area contributed by atoms with Gasteiger partial charge in [0.05, 0.1) is 17.6 Å². The van der Waals surface area contributed by atoms with Crippen molar-refractivity contribution < 1.29 is 23.1 Å². The van der Waals surface area contributed by atoms with E-state index in [9.17, 15) is 18.3 Å². The molecule has 9 heteroatoms. The van der Waals surface area contributed by atoms with Gasteiger partial charge in [-0.1, -0.05) is 78.9 Å². The quantitative estimate of drug-likeness (QED) is 0.182. The van der Waals surface area contributed by atoms with Crippen molar-refractivity contribution in [1.29, 1.82) is 0 Å². The normalized spacial score (nSPS) is 17.2. The van der Waals surface area contributed by atoms with Crippen molar-refractivity contribution in [3.63, 3.8) is 0 Å². The highest BCUT2D eigenvalue weighted by molar-refractivity contribution is 7.92. The van der Waals surface area contributed by atoms with Crippen LogP contribution in [0.25, 0.3) is 0 Å². The molecule has 6 rings (SSSR count). The second-order valence-electron chi connectivity index (χ2n) is 12.1. The van der Waals surface area contributed by atoms with E-state index in [4.69, 9.17) is 4.74 Å². The van der Waals surface area contributed by atoms with Gasteiger partial charge < -0.3 is 14.4 Å². The van der Waals surface area contributed by atoms with E-state index in [2.05, 4.69) is 34.0 Å². The van der Waals surface area contributed by atoms with Gasteiger partial charge in [-0.05, 0) is 67.7 Å². The first kappa shape index (κ1) is 29.7. The Bertz CT molecular complexity index is 1730. The lowest BCUT2D eigenvalue weighted by Crippen LogP contribution is -2.43. The summed E-state index contributed by atoms with van der Waals surface area (Å²) >= 11 is 0. The molecule has 1 aliphatic heterocycles. The standard InChI is InChI=1S/C35H37N3O5S/c1-38-24-31(36-25-38)44(41,42)37-29-15-9-8-14-28(29)22-34(20-21-34)32-30(39)23-35(43-33(32)40,18-16-26-10-4-2-5-11-26)19-17-27-12-6-3-7-13-27/h2-15,24-25,37,39H,16-23H2,1H3. The fraction of sp³-hybridized carbons (Fsp3) is 0.314. The lowest BCUT2D eigenvalue weighted by Gasteiger charge is -2.39. The summed E-state index contributed by atoms with van der Waals surface area (Å²) in [7, 11) is -2.20. The van der Waals surface area contributed by atoms with Crippen molar-refractivity contribution >= 4 is 21.7 Å². The van der Waals surface area contributed by atoms with Crippen LogP contribution in [0.15, 0.2) is 114 Å². The monoisotopic (exact) mass is 611 g/mol. The van der Waals surface area contributed by atoms with Crippen molar-refractivity contribution in [2.75, 3.05) is 4.72 Å². The lowest BCUT2D eigenvalue weighted by atomic mass is 9.79. The average molecular weight is 612 g/mol. The number of cyclic esters (lactones) is 1. The van der Waals surface area contributed by atoms with E-state index in [1.165, 1.54) is 12.5 Å². The number of rotatable bonds is 12. The number of ether oxygens (including phenoxy) is 1. The topological polar surface area (TPSA) is 111 Å². The number of esters is 1. The van der Waals surface area contributed by atoms with Gasteiger partial charge in [-0.2, -0.15) is 8.42 Å². The molecule has 1 aromatic heterocycles. The zero-order chi connectivity index (χ0) is 30.8. The number of hydrogen-bond donors (Lipinski definition) is 2. The molecule has 0 radical (unpaired) electrons. The number of nitrogens with zero attached hydrogens (tertiary/aromatic N) is 2. The van der Waals surface area contributed by atoms with Gasteiger partial charge in [0.2, 0.25) is 0 Å². The van der Waals surface area contributed by atoms with Gasteiger partial charge in [-0.3, -0.25) is 4.72 Å². The fourth-order valence-corrected chi connectivity index (χ4v) is 7.37. The third kappa shape index (κ3) is 6.43. The van der Waals surface area contributed by atoms with Gasteiger partial charge in [-0.15, -0.1) is 0 Å². The van der Waals surface area contributed by atoms with Crippen molar-refractivity contribution in [2.45, 2.75) is 62.0 Å². The molecular weight excluding hydrogens is 574 g/mol. The fourth-order valence-electron chi connectivity index (χ4n) is 6.28. The summed E-state index contributed by atoms with van der Waals surface area (Å²) in [5, 5.41) is 11.5. The highest BCUT2D eigenvalue weighted by Crippen LogP contribution is 2.58. The Balaban J connectivity index is 1.25. The van der Waals surface area contributed by atoms with Gasteiger partial charge in [-0.25, -0.2) is 9.78 Å². The summed E-state index contributed by atoms with van der Waals surface area (Å²) in [6, 6.07) is 27.4. The van der Waals surface area contributed by atoms with Gasteiger partial charge in [0, 0.05) is 25.1 Å². The van der Waals surface area contributed by atoms with E-state index < -0.39 is 27.0 Å². The predicted molar refractivity (Wildman–Crippen MR) is 168 cm³/mol. The van der Waals surface area contributed by atoms with Crippen molar-refractivity contribution in [3.05, 3.63) is 125 Å². The van der Waals surface area contributed by atoms with Crippen molar-refractivity contribution in [1.82, 2.24) is 9.55 Å². The third-order valence-corrected chi connectivity index (χ3v) is 10.1. The van der Waals surface area contributed by atoms with E-state index in [1.54, 1.807) is 23.7 Å². The molecule has 0 amide bonds. The number of sulfonamides is 1. The van der Waals surface area contributed by atoms with Crippen LogP contribution in [-0.2, 0) is 45.9 Å².